The maximum absolute atomic E-state index is 12.0. The summed E-state index contributed by atoms with van der Waals surface area (Å²) in [7, 11) is 0. The summed E-state index contributed by atoms with van der Waals surface area (Å²) >= 11 is 0. The summed E-state index contributed by atoms with van der Waals surface area (Å²) in [5, 5.41) is 11.1. The maximum atomic E-state index is 12.0. The summed E-state index contributed by atoms with van der Waals surface area (Å²) in [6.45, 7) is 3.63. The van der Waals surface area contributed by atoms with Crippen LogP contribution in [0.1, 0.15) is 31.5 Å². The lowest BCUT2D eigenvalue weighted by Crippen LogP contribution is -2.38. The number of carbonyl (C=O) groups is 2. The second kappa shape index (κ2) is 6.72. The first-order chi connectivity index (χ1) is 8.97. The molecule has 0 saturated carbocycles. The highest BCUT2D eigenvalue weighted by atomic mass is 16.4. The van der Waals surface area contributed by atoms with Gasteiger partial charge in [0.05, 0.1) is 6.42 Å². The molecule has 6 nitrogen and oxygen atoms in total. The molecule has 0 radical (unpaired) electrons. The summed E-state index contributed by atoms with van der Waals surface area (Å²) in [4.78, 5) is 34.2. The molecule has 2 N–H and O–H groups in total. The predicted molar refractivity (Wildman–Crippen MR) is 70.0 cm³/mol. The number of pyridine rings is 1. The molecular weight excluding hydrogens is 248 g/mol. The largest absolute Gasteiger partial charge is 0.481 e. The van der Waals surface area contributed by atoms with Crippen LogP contribution in [0.5, 0.6) is 0 Å². The number of amides is 1. The summed E-state index contributed by atoms with van der Waals surface area (Å²) in [5.41, 5.74) is 0.466. The standard InChI is InChI=1S/C13H18N2O4/c1-3-10(13(19)14-8-7-12(17)18)15-9(2)5-4-6-11(15)16/h4-6,10H,3,7-8H2,1-2H3,(H,14,19)(H,17,18). The van der Waals surface area contributed by atoms with Crippen molar-refractivity contribution < 1.29 is 14.7 Å². The van der Waals surface area contributed by atoms with Gasteiger partial charge in [-0.25, -0.2) is 0 Å². The molecule has 1 amide bonds. The van der Waals surface area contributed by atoms with E-state index >= 15 is 0 Å². The second-order valence-corrected chi connectivity index (χ2v) is 4.23. The van der Waals surface area contributed by atoms with Crippen LogP contribution in [0.15, 0.2) is 23.0 Å². The lowest BCUT2D eigenvalue weighted by molar-refractivity contribution is -0.137. The van der Waals surface area contributed by atoms with Crippen LogP contribution in [0.4, 0.5) is 0 Å². The van der Waals surface area contributed by atoms with Crippen molar-refractivity contribution >= 4 is 11.9 Å². The van der Waals surface area contributed by atoms with E-state index in [1.807, 2.05) is 0 Å². The van der Waals surface area contributed by atoms with E-state index in [9.17, 15) is 14.4 Å². The van der Waals surface area contributed by atoms with Gasteiger partial charge < -0.3 is 15.0 Å². The molecule has 1 aromatic rings. The Morgan fingerprint density at radius 1 is 1.42 bits per heavy atom. The number of nitrogens with one attached hydrogen (secondary N) is 1. The Hall–Kier alpha value is -2.11. The van der Waals surface area contributed by atoms with E-state index in [-0.39, 0.29) is 24.4 Å². The first-order valence-electron chi connectivity index (χ1n) is 6.15. The van der Waals surface area contributed by atoms with Crippen LogP contribution >= 0.6 is 0 Å². The molecule has 0 aliphatic rings. The highest BCUT2D eigenvalue weighted by Gasteiger charge is 2.20. The molecule has 1 atom stereocenters. The molecule has 1 rings (SSSR count). The minimum Gasteiger partial charge on any atom is -0.481 e. The van der Waals surface area contributed by atoms with Gasteiger partial charge in [-0.15, -0.1) is 0 Å². The van der Waals surface area contributed by atoms with Crippen LogP contribution in [0.2, 0.25) is 0 Å². The molecule has 19 heavy (non-hydrogen) atoms. The fourth-order valence-corrected chi connectivity index (χ4v) is 1.90. The molecule has 6 heteroatoms. The zero-order chi connectivity index (χ0) is 14.4. The van der Waals surface area contributed by atoms with Crippen LogP contribution in [0.3, 0.4) is 0 Å². The number of hydrogen-bond donors (Lipinski definition) is 2. The highest BCUT2D eigenvalue weighted by Crippen LogP contribution is 2.11. The van der Waals surface area contributed by atoms with E-state index in [1.54, 1.807) is 26.0 Å². The third-order valence-electron chi connectivity index (χ3n) is 2.83. The second-order valence-electron chi connectivity index (χ2n) is 4.23. The minimum atomic E-state index is -0.971. The molecule has 0 bridgehead atoms. The van der Waals surface area contributed by atoms with Crippen molar-refractivity contribution in [2.75, 3.05) is 6.54 Å². The number of carboxylic acids is 1. The smallest absolute Gasteiger partial charge is 0.305 e. The third kappa shape index (κ3) is 3.94. The summed E-state index contributed by atoms with van der Waals surface area (Å²) < 4.78 is 1.43. The number of nitrogens with zero attached hydrogens (tertiary/aromatic N) is 1. The molecule has 0 aliphatic heterocycles. The van der Waals surface area contributed by atoms with E-state index in [2.05, 4.69) is 5.32 Å². The third-order valence-corrected chi connectivity index (χ3v) is 2.83. The number of rotatable bonds is 6. The van der Waals surface area contributed by atoms with Gasteiger partial charge in [-0.05, 0) is 19.4 Å². The Morgan fingerprint density at radius 3 is 2.63 bits per heavy atom. The molecule has 0 spiro atoms. The van der Waals surface area contributed by atoms with Gasteiger partial charge in [0.2, 0.25) is 5.91 Å². The molecule has 0 saturated heterocycles. The van der Waals surface area contributed by atoms with E-state index in [0.29, 0.717) is 12.1 Å². The maximum Gasteiger partial charge on any atom is 0.305 e. The van der Waals surface area contributed by atoms with Gasteiger partial charge in [-0.2, -0.15) is 0 Å². The number of carbonyl (C=O) groups excluding carboxylic acids is 1. The molecule has 0 fully saturated rings. The van der Waals surface area contributed by atoms with Crippen molar-refractivity contribution in [2.45, 2.75) is 32.7 Å². The van der Waals surface area contributed by atoms with Crippen LogP contribution < -0.4 is 10.9 Å². The van der Waals surface area contributed by atoms with Crippen LogP contribution in [-0.4, -0.2) is 28.1 Å². The SMILES string of the molecule is CCC(C(=O)NCCC(=O)O)n1c(C)cccc1=O. The van der Waals surface area contributed by atoms with Gasteiger partial charge in [0.1, 0.15) is 6.04 Å². The van der Waals surface area contributed by atoms with Crippen LogP contribution in [0, 0.1) is 6.92 Å². The summed E-state index contributed by atoms with van der Waals surface area (Å²) in [6.07, 6.45) is 0.328. The Balaban J connectivity index is 2.85. The zero-order valence-electron chi connectivity index (χ0n) is 11.0. The number of hydrogen-bond acceptors (Lipinski definition) is 3. The van der Waals surface area contributed by atoms with E-state index in [0.717, 1.165) is 0 Å². The lowest BCUT2D eigenvalue weighted by Gasteiger charge is -2.19. The Kier molecular flexibility index (Phi) is 5.29. The molecule has 1 heterocycles. The Morgan fingerprint density at radius 2 is 2.11 bits per heavy atom. The number of aryl methyl sites for hydroxylation is 1. The molecule has 104 valence electrons. The van der Waals surface area contributed by atoms with Crippen molar-refractivity contribution in [1.82, 2.24) is 9.88 Å². The number of aromatic nitrogens is 1. The Bertz CT molecular complexity index is 522. The molecule has 0 aliphatic carbocycles. The van der Waals surface area contributed by atoms with Crippen molar-refractivity contribution in [2.24, 2.45) is 0 Å². The molecule has 0 aromatic carbocycles. The monoisotopic (exact) mass is 266 g/mol. The quantitative estimate of drug-likeness (QED) is 0.793. The average Bonchev–Trinajstić information content (AvgIpc) is 2.33. The fourth-order valence-electron chi connectivity index (χ4n) is 1.90. The highest BCUT2D eigenvalue weighted by molar-refractivity contribution is 5.80. The van der Waals surface area contributed by atoms with Gasteiger partial charge in [-0.1, -0.05) is 13.0 Å². The van der Waals surface area contributed by atoms with E-state index < -0.39 is 12.0 Å². The minimum absolute atomic E-state index is 0.0608. The van der Waals surface area contributed by atoms with Crippen molar-refractivity contribution in [3.63, 3.8) is 0 Å². The number of aliphatic carboxylic acids is 1. The van der Waals surface area contributed by atoms with Gasteiger partial charge in [0.15, 0.2) is 0 Å². The Labute approximate surface area is 111 Å². The normalized spacial score (nSPS) is 11.9. The van der Waals surface area contributed by atoms with Crippen LogP contribution in [0.25, 0.3) is 0 Å². The zero-order valence-corrected chi connectivity index (χ0v) is 11.0. The van der Waals surface area contributed by atoms with Crippen molar-refractivity contribution in [1.29, 1.82) is 0 Å². The lowest BCUT2D eigenvalue weighted by atomic mass is 10.1. The average molecular weight is 266 g/mol. The van der Waals surface area contributed by atoms with Crippen molar-refractivity contribution in [3.8, 4) is 0 Å². The number of carboxylic acid groups (broad SMARTS) is 1. The summed E-state index contributed by atoms with van der Waals surface area (Å²) in [6, 6.07) is 4.19. The summed E-state index contributed by atoms with van der Waals surface area (Å²) in [5.74, 6) is -1.30. The first-order valence-corrected chi connectivity index (χ1v) is 6.15. The fraction of sp³-hybridized carbons (Fsp3) is 0.462. The molecule has 1 aromatic heterocycles. The van der Waals surface area contributed by atoms with Crippen molar-refractivity contribution in [3.05, 3.63) is 34.2 Å². The first kappa shape index (κ1) is 14.9. The van der Waals surface area contributed by atoms with Gasteiger partial charge in [0.25, 0.3) is 5.56 Å². The van der Waals surface area contributed by atoms with E-state index in [4.69, 9.17) is 5.11 Å². The van der Waals surface area contributed by atoms with Gasteiger partial charge in [0, 0.05) is 18.3 Å². The van der Waals surface area contributed by atoms with Crippen LogP contribution in [-0.2, 0) is 9.59 Å². The molecule has 1 unspecified atom stereocenters. The molecular formula is C13H18N2O4. The topological polar surface area (TPSA) is 88.4 Å². The van der Waals surface area contributed by atoms with E-state index in [1.165, 1.54) is 10.6 Å². The van der Waals surface area contributed by atoms with Gasteiger partial charge in [-0.3, -0.25) is 14.4 Å². The predicted octanol–water partition coefficient (Wildman–Crippen LogP) is 0.699. The van der Waals surface area contributed by atoms with Gasteiger partial charge >= 0.3 is 5.97 Å².